The second-order valence-corrected chi connectivity index (χ2v) is 10.1. The van der Waals surface area contributed by atoms with Gasteiger partial charge in [0.2, 0.25) is 5.91 Å². The molecule has 0 aliphatic rings. The molecule has 0 radical (unpaired) electrons. The highest BCUT2D eigenvalue weighted by Gasteiger charge is 2.36. The highest BCUT2D eigenvalue weighted by atomic mass is 35.5. The topological polar surface area (TPSA) is 108 Å². The fourth-order valence-corrected chi connectivity index (χ4v) is 4.11. The molecule has 8 nitrogen and oxygen atoms in total. The first kappa shape index (κ1) is 29.3. The van der Waals surface area contributed by atoms with Gasteiger partial charge in [-0.1, -0.05) is 42.8 Å². The van der Waals surface area contributed by atoms with E-state index in [-0.39, 0.29) is 18.0 Å². The molecule has 0 fully saturated rings. The zero-order chi connectivity index (χ0) is 27.0. The summed E-state index contributed by atoms with van der Waals surface area (Å²) in [7, 11) is 0. The summed E-state index contributed by atoms with van der Waals surface area (Å²) >= 11 is 10.6. The van der Waals surface area contributed by atoms with Gasteiger partial charge in [0.25, 0.3) is 5.91 Å². The van der Waals surface area contributed by atoms with Gasteiger partial charge in [-0.3, -0.25) is 9.59 Å². The molecule has 0 aliphatic carbocycles. The zero-order valence-corrected chi connectivity index (χ0v) is 22.8. The number of aryl methyl sites for hydroxylation is 1. The molecule has 0 spiro atoms. The monoisotopic (exact) mass is 535 g/mol. The van der Waals surface area contributed by atoms with Crippen LogP contribution in [0.5, 0.6) is 5.75 Å². The number of thiol groups is 1. The van der Waals surface area contributed by atoms with Crippen LogP contribution >= 0.6 is 24.2 Å². The Kier molecular flexibility index (Phi) is 10.5. The fraction of sp³-hybridized carbons (Fsp3) is 0.423. The van der Waals surface area contributed by atoms with Gasteiger partial charge in [0.05, 0.1) is 10.7 Å². The average molecular weight is 536 g/mol. The number of carbonyl (C=O) groups is 3. The van der Waals surface area contributed by atoms with Gasteiger partial charge in [0.15, 0.2) is 0 Å². The molecular weight excluding hydrogens is 502 g/mol. The number of phenols is 1. The van der Waals surface area contributed by atoms with Crippen LogP contribution in [0.2, 0.25) is 5.02 Å². The van der Waals surface area contributed by atoms with E-state index in [2.05, 4.69) is 23.3 Å². The predicted octanol–water partition coefficient (Wildman–Crippen LogP) is 5.10. The SMILES string of the molecule is CCCN(C(=O)C(CS)NC(=O)OC(C)(C)C)C(C(=O)Nc1c(C)cccc1Cl)c1cccc(O)c1. The number of benzene rings is 2. The van der Waals surface area contributed by atoms with Crippen LogP contribution in [0.1, 0.15) is 51.3 Å². The standard InChI is InChI=1S/C26H34ClN3O5S/c1-6-13-30(24(33)20(15-36)28-25(34)35-26(3,4)5)22(17-10-8-11-18(31)14-17)23(32)29-21-16(2)9-7-12-19(21)27/h7-12,14,20,22,31,36H,6,13,15H2,1-5H3,(H,28,34)(H,29,32). The van der Waals surface area contributed by atoms with Crippen LogP contribution in [0.4, 0.5) is 10.5 Å². The van der Waals surface area contributed by atoms with Gasteiger partial charge >= 0.3 is 6.09 Å². The number of nitrogens with zero attached hydrogens (tertiary/aromatic N) is 1. The van der Waals surface area contributed by atoms with Crippen LogP contribution in [0.15, 0.2) is 42.5 Å². The highest BCUT2D eigenvalue weighted by molar-refractivity contribution is 7.80. The molecule has 2 atom stereocenters. The minimum absolute atomic E-state index is 0.0176. The van der Waals surface area contributed by atoms with E-state index in [0.717, 1.165) is 5.56 Å². The van der Waals surface area contributed by atoms with Crippen molar-refractivity contribution in [2.75, 3.05) is 17.6 Å². The molecule has 2 aromatic carbocycles. The third-order valence-corrected chi connectivity index (χ3v) is 5.82. The lowest BCUT2D eigenvalue weighted by atomic mass is 10.0. The van der Waals surface area contributed by atoms with Gasteiger partial charge in [-0.2, -0.15) is 12.6 Å². The van der Waals surface area contributed by atoms with Crippen molar-refractivity contribution < 1.29 is 24.2 Å². The molecule has 0 bridgehead atoms. The zero-order valence-electron chi connectivity index (χ0n) is 21.2. The maximum atomic E-state index is 13.7. The Hall–Kier alpha value is -2.91. The summed E-state index contributed by atoms with van der Waals surface area (Å²) < 4.78 is 5.29. The van der Waals surface area contributed by atoms with Gasteiger partial charge in [-0.15, -0.1) is 0 Å². The lowest BCUT2D eigenvalue weighted by Gasteiger charge is -2.34. The van der Waals surface area contributed by atoms with Gasteiger partial charge in [0.1, 0.15) is 23.4 Å². The van der Waals surface area contributed by atoms with Crippen LogP contribution in [-0.2, 0) is 14.3 Å². The Labute approximate surface area is 222 Å². The van der Waals surface area contributed by atoms with E-state index in [1.807, 2.05) is 19.9 Å². The number of rotatable bonds is 9. The number of hydrogen-bond donors (Lipinski definition) is 4. The summed E-state index contributed by atoms with van der Waals surface area (Å²) in [6.45, 7) is 9.02. The van der Waals surface area contributed by atoms with Crippen LogP contribution < -0.4 is 10.6 Å². The summed E-state index contributed by atoms with van der Waals surface area (Å²) in [5, 5.41) is 15.9. The summed E-state index contributed by atoms with van der Waals surface area (Å²) in [6.07, 6.45) is -0.234. The number of halogens is 1. The van der Waals surface area contributed by atoms with Crippen molar-refractivity contribution in [1.82, 2.24) is 10.2 Å². The van der Waals surface area contributed by atoms with E-state index >= 15 is 0 Å². The molecular formula is C26H34ClN3O5S. The maximum Gasteiger partial charge on any atom is 0.408 e. The lowest BCUT2D eigenvalue weighted by molar-refractivity contribution is -0.140. The number of hydrogen-bond acceptors (Lipinski definition) is 6. The van der Waals surface area contributed by atoms with Gasteiger partial charge in [0, 0.05) is 12.3 Å². The number of nitrogens with one attached hydrogen (secondary N) is 2. The number of phenolic OH excluding ortho intramolecular Hbond substituents is 1. The molecule has 3 amide bonds. The second-order valence-electron chi connectivity index (χ2n) is 9.33. The van der Waals surface area contributed by atoms with Crippen molar-refractivity contribution in [1.29, 1.82) is 0 Å². The van der Waals surface area contributed by atoms with E-state index in [1.54, 1.807) is 45.0 Å². The quantitative estimate of drug-likeness (QED) is 0.334. The van der Waals surface area contributed by atoms with E-state index in [1.165, 1.54) is 17.0 Å². The fourth-order valence-electron chi connectivity index (χ4n) is 3.59. The molecule has 0 aliphatic heterocycles. The Morgan fingerprint density at radius 2 is 1.83 bits per heavy atom. The first-order valence-electron chi connectivity index (χ1n) is 11.6. The number of para-hydroxylation sites is 1. The van der Waals surface area contributed by atoms with Gasteiger partial charge < -0.3 is 25.4 Å². The molecule has 36 heavy (non-hydrogen) atoms. The van der Waals surface area contributed by atoms with Gasteiger partial charge in [-0.05, 0) is 63.4 Å². The highest BCUT2D eigenvalue weighted by Crippen LogP contribution is 2.30. The second kappa shape index (κ2) is 12.9. The molecule has 2 unspecified atom stereocenters. The predicted molar refractivity (Wildman–Crippen MR) is 145 cm³/mol. The van der Waals surface area contributed by atoms with Crippen LogP contribution in [0, 0.1) is 6.92 Å². The molecule has 10 heteroatoms. The molecule has 0 heterocycles. The van der Waals surface area contributed by atoms with E-state index in [0.29, 0.717) is 22.7 Å². The molecule has 0 saturated heterocycles. The Morgan fingerprint density at radius 1 is 1.17 bits per heavy atom. The van der Waals surface area contributed by atoms with Crippen molar-refractivity contribution >= 4 is 47.8 Å². The Morgan fingerprint density at radius 3 is 2.39 bits per heavy atom. The third-order valence-electron chi connectivity index (χ3n) is 5.14. The smallest absolute Gasteiger partial charge is 0.408 e. The van der Waals surface area contributed by atoms with Crippen LogP contribution in [-0.4, -0.2) is 51.9 Å². The molecule has 3 N–H and O–H groups in total. The largest absolute Gasteiger partial charge is 0.508 e. The van der Waals surface area contributed by atoms with E-state index < -0.39 is 35.6 Å². The van der Waals surface area contributed by atoms with Crippen LogP contribution in [0.3, 0.4) is 0 Å². The van der Waals surface area contributed by atoms with Crippen molar-refractivity contribution in [3.8, 4) is 5.75 Å². The Bertz CT molecular complexity index is 1070. The van der Waals surface area contributed by atoms with Crippen LogP contribution in [0.25, 0.3) is 0 Å². The molecule has 196 valence electrons. The van der Waals surface area contributed by atoms with Crippen molar-refractivity contribution in [2.45, 2.75) is 58.7 Å². The number of carbonyl (C=O) groups excluding carboxylic acids is 3. The lowest BCUT2D eigenvalue weighted by Crippen LogP contribution is -2.53. The summed E-state index contributed by atoms with van der Waals surface area (Å²) in [4.78, 5) is 41.1. The first-order valence-corrected chi connectivity index (χ1v) is 12.6. The number of anilines is 1. The Balaban J connectivity index is 2.48. The number of ether oxygens (including phenoxy) is 1. The minimum atomic E-state index is -1.12. The average Bonchev–Trinajstić information content (AvgIpc) is 2.78. The summed E-state index contributed by atoms with van der Waals surface area (Å²) in [5.41, 5.74) is 0.817. The van der Waals surface area contributed by atoms with Crippen molar-refractivity contribution in [3.05, 3.63) is 58.6 Å². The molecule has 0 aromatic heterocycles. The normalized spacial score (nSPS) is 12.9. The molecule has 2 rings (SSSR count). The first-order chi connectivity index (χ1) is 16.9. The molecule has 2 aromatic rings. The summed E-state index contributed by atoms with van der Waals surface area (Å²) in [6, 6.07) is 9.21. The van der Waals surface area contributed by atoms with E-state index in [4.69, 9.17) is 16.3 Å². The van der Waals surface area contributed by atoms with Gasteiger partial charge in [-0.25, -0.2) is 4.79 Å². The minimum Gasteiger partial charge on any atom is -0.508 e. The molecule has 0 saturated carbocycles. The van der Waals surface area contributed by atoms with Crippen molar-refractivity contribution in [3.63, 3.8) is 0 Å². The number of aromatic hydroxyl groups is 1. The van der Waals surface area contributed by atoms with Crippen molar-refractivity contribution in [2.24, 2.45) is 0 Å². The number of amides is 3. The van der Waals surface area contributed by atoms with E-state index in [9.17, 15) is 19.5 Å². The third kappa shape index (κ3) is 8.06. The number of alkyl carbamates (subject to hydrolysis) is 1. The maximum absolute atomic E-state index is 13.7. The summed E-state index contributed by atoms with van der Waals surface area (Å²) in [5.74, 6) is -1.11.